The fourth-order valence-corrected chi connectivity index (χ4v) is 3.22. The molecule has 0 saturated carbocycles. The van der Waals surface area contributed by atoms with Crippen LogP contribution in [0.1, 0.15) is 24.1 Å². The third kappa shape index (κ3) is 4.18. The molecule has 0 saturated heterocycles. The second kappa shape index (κ2) is 8.10. The molecule has 0 radical (unpaired) electrons. The number of hydrogen-bond acceptors (Lipinski definition) is 6. The third-order valence-electron chi connectivity index (χ3n) is 4.98. The maximum absolute atomic E-state index is 5.71. The third-order valence-corrected chi connectivity index (χ3v) is 5.28. The molecule has 0 bridgehead atoms. The average molecular weight is 407 g/mol. The van der Waals surface area contributed by atoms with Gasteiger partial charge < -0.3 is 4.42 Å². The van der Waals surface area contributed by atoms with E-state index in [0.29, 0.717) is 17.4 Å². The Bertz CT molecular complexity index is 1130. The summed E-state index contributed by atoms with van der Waals surface area (Å²) in [6, 6.07) is 16.5. The smallest absolute Gasteiger partial charge is 0.288 e. The molecule has 0 spiro atoms. The highest BCUT2D eigenvalue weighted by Gasteiger charge is 2.15. The van der Waals surface area contributed by atoms with Crippen LogP contribution in [0.15, 0.2) is 65.6 Å². The van der Waals surface area contributed by atoms with E-state index in [4.69, 9.17) is 16.6 Å². The number of hydrogen-bond donors (Lipinski definition) is 0. The van der Waals surface area contributed by atoms with Crippen LogP contribution in [0, 0.1) is 11.8 Å². The van der Waals surface area contributed by atoms with Crippen LogP contribution in [0.5, 0.6) is 0 Å². The van der Waals surface area contributed by atoms with Gasteiger partial charge in [-0.3, -0.25) is 4.90 Å². The molecule has 4 aromatic rings. The number of rotatable bonds is 6. The lowest BCUT2D eigenvalue weighted by atomic mass is 10.1. The molecule has 0 aliphatic rings. The fraction of sp³-hybridized carbons (Fsp3) is 0.238. The van der Waals surface area contributed by atoms with E-state index in [0.717, 1.165) is 11.3 Å². The van der Waals surface area contributed by atoms with Gasteiger partial charge in [0.2, 0.25) is 5.89 Å². The SMILES string of the molecule is Cc1ccc(-c2nn(CN(C)[C@@H](C)c3ccc(-n4cncn4)cc3)c(=S)o2)cc1. The molecule has 148 valence electrons. The summed E-state index contributed by atoms with van der Waals surface area (Å²) in [5, 5.41) is 8.71. The maximum Gasteiger partial charge on any atom is 0.288 e. The molecule has 4 rings (SSSR count). The van der Waals surface area contributed by atoms with Gasteiger partial charge in [0, 0.05) is 11.6 Å². The quantitative estimate of drug-likeness (QED) is 0.442. The molecule has 0 aliphatic carbocycles. The Balaban J connectivity index is 1.48. The van der Waals surface area contributed by atoms with Gasteiger partial charge in [0.1, 0.15) is 12.7 Å². The Kier molecular flexibility index (Phi) is 5.37. The average Bonchev–Trinajstić information content (AvgIpc) is 3.39. The molecule has 7 nitrogen and oxygen atoms in total. The van der Waals surface area contributed by atoms with Crippen molar-refractivity contribution in [3.05, 3.63) is 77.1 Å². The maximum atomic E-state index is 5.71. The highest BCUT2D eigenvalue weighted by molar-refractivity contribution is 7.71. The predicted octanol–water partition coefficient (Wildman–Crippen LogP) is 4.41. The highest BCUT2D eigenvalue weighted by atomic mass is 32.1. The molecular formula is C21H22N6OS. The van der Waals surface area contributed by atoms with Crippen molar-refractivity contribution in [1.82, 2.24) is 29.4 Å². The predicted molar refractivity (Wildman–Crippen MR) is 113 cm³/mol. The molecule has 8 heteroatoms. The first-order chi connectivity index (χ1) is 14.0. The number of nitrogens with zero attached hydrogens (tertiary/aromatic N) is 6. The van der Waals surface area contributed by atoms with Crippen LogP contribution >= 0.6 is 12.2 Å². The monoisotopic (exact) mass is 406 g/mol. The minimum absolute atomic E-state index is 0.168. The van der Waals surface area contributed by atoms with Gasteiger partial charge in [-0.25, -0.2) is 14.3 Å². The van der Waals surface area contributed by atoms with E-state index in [-0.39, 0.29) is 6.04 Å². The van der Waals surface area contributed by atoms with E-state index in [2.05, 4.69) is 39.1 Å². The molecule has 29 heavy (non-hydrogen) atoms. The number of aromatic nitrogens is 5. The molecule has 2 aromatic carbocycles. The van der Waals surface area contributed by atoms with E-state index in [9.17, 15) is 0 Å². The molecular weight excluding hydrogens is 384 g/mol. The number of aryl methyl sites for hydroxylation is 1. The van der Waals surface area contributed by atoms with Crippen molar-refractivity contribution in [2.75, 3.05) is 7.05 Å². The van der Waals surface area contributed by atoms with E-state index in [1.807, 2.05) is 50.4 Å². The lowest BCUT2D eigenvalue weighted by molar-refractivity contribution is 0.192. The van der Waals surface area contributed by atoms with Crippen LogP contribution in [0.3, 0.4) is 0 Å². The first-order valence-electron chi connectivity index (χ1n) is 9.31. The zero-order valence-corrected chi connectivity index (χ0v) is 17.4. The van der Waals surface area contributed by atoms with Gasteiger partial charge in [0.25, 0.3) is 4.84 Å². The first-order valence-corrected chi connectivity index (χ1v) is 9.72. The Morgan fingerprint density at radius 2 is 1.83 bits per heavy atom. The minimum atomic E-state index is 0.168. The van der Waals surface area contributed by atoms with Gasteiger partial charge in [-0.15, -0.1) is 5.10 Å². The minimum Gasteiger partial charge on any atom is -0.409 e. The van der Waals surface area contributed by atoms with E-state index in [1.165, 1.54) is 17.5 Å². The zero-order chi connectivity index (χ0) is 20.4. The molecule has 0 N–H and O–H groups in total. The van der Waals surface area contributed by atoms with Crippen LogP contribution in [0.4, 0.5) is 0 Å². The van der Waals surface area contributed by atoms with Crippen LogP contribution in [0.25, 0.3) is 17.1 Å². The molecule has 0 amide bonds. The van der Waals surface area contributed by atoms with Crippen LogP contribution in [-0.4, -0.2) is 36.5 Å². The first kappa shape index (κ1) is 19.2. The van der Waals surface area contributed by atoms with Gasteiger partial charge in [-0.1, -0.05) is 29.8 Å². The number of benzene rings is 2. The molecule has 1 atom stereocenters. The zero-order valence-electron chi connectivity index (χ0n) is 16.6. The normalized spacial score (nSPS) is 12.4. The summed E-state index contributed by atoms with van der Waals surface area (Å²) < 4.78 is 9.16. The second-order valence-electron chi connectivity index (χ2n) is 7.04. The lowest BCUT2D eigenvalue weighted by Crippen LogP contribution is -2.26. The van der Waals surface area contributed by atoms with Crippen LogP contribution < -0.4 is 0 Å². The van der Waals surface area contributed by atoms with Crippen LogP contribution in [0.2, 0.25) is 0 Å². The summed E-state index contributed by atoms with van der Waals surface area (Å²) in [4.78, 5) is 6.51. The van der Waals surface area contributed by atoms with E-state index >= 15 is 0 Å². The Morgan fingerprint density at radius 3 is 2.48 bits per heavy atom. The molecule has 2 aromatic heterocycles. The van der Waals surface area contributed by atoms with Crippen LogP contribution in [-0.2, 0) is 6.67 Å². The Morgan fingerprint density at radius 1 is 1.10 bits per heavy atom. The van der Waals surface area contributed by atoms with Crippen molar-refractivity contribution < 1.29 is 4.42 Å². The van der Waals surface area contributed by atoms with Gasteiger partial charge in [0.15, 0.2) is 0 Å². The van der Waals surface area contributed by atoms with Crippen molar-refractivity contribution in [3.8, 4) is 17.1 Å². The van der Waals surface area contributed by atoms with Crippen molar-refractivity contribution >= 4 is 12.2 Å². The van der Waals surface area contributed by atoms with Crippen molar-refractivity contribution in [2.24, 2.45) is 0 Å². The Hall–Kier alpha value is -3.10. The topological polar surface area (TPSA) is 64.9 Å². The summed E-state index contributed by atoms with van der Waals surface area (Å²) >= 11 is 5.37. The van der Waals surface area contributed by atoms with Gasteiger partial charge >= 0.3 is 0 Å². The highest BCUT2D eigenvalue weighted by Crippen LogP contribution is 2.22. The molecule has 2 heterocycles. The molecule has 0 aliphatic heterocycles. The summed E-state index contributed by atoms with van der Waals surface area (Å²) in [6.07, 6.45) is 3.21. The van der Waals surface area contributed by atoms with Crippen molar-refractivity contribution in [2.45, 2.75) is 26.6 Å². The van der Waals surface area contributed by atoms with Crippen molar-refractivity contribution in [1.29, 1.82) is 0 Å². The van der Waals surface area contributed by atoms with Crippen molar-refractivity contribution in [3.63, 3.8) is 0 Å². The van der Waals surface area contributed by atoms with E-state index < -0.39 is 0 Å². The molecule has 0 fully saturated rings. The summed E-state index contributed by atoms with van der Waals surface area (Å²) in [6.45, 7) is 4.72. The summed E-state index contributed by atoms with van der Waals surface area (Å²) in [5.41, 5.74) is 4.27. The largest absolute Gasteiger partial charge is 0.409 e. The van der Waals surface area contributed by atoms with Gasteiger partial charge in [-0.2, -0.15) is 5.10 Å². The summed E-state index contributed by atoms with van der Waals surface area (Å²) in [5.74, 6) is 0.535. The lowest BCUT2D eigenvalue weighted by Gasteiger charge is -2.24. The fourth-order valence-electron chi connectivity index (χ4n) is 3.04. The molecule has 0 unspecified atom stereocenters. The Labute approximate surface area is 174 Å². The van der Waals surface area contributed by atoms with Gasteiger partial charge in [0.05, 0.1) is 12.4 Å². The standard InChI is InChI=1S/C21H22N6OS/c1-15-4-6-18(7-5-15)20-24-27(21(29)28-20)14-25(3)16(2)17-8-10-19(11-9-17)26-13-22-12-23-26/h4-13,16H,14H2,1-3H3/t16-/m0/s1. The van der Waals surface area contributed by atoms with E-state index in [1.54, 1.807) is 15.7 Å². The van der Waals surface area contributed by atoms with Gasteiger partial charge in [-0.05, 0) is 62.9 Å². The second-order valence-corrected chi connectivity index (χ2v) is 7.39. The summed E-state index contributed by atoms with van der Waals surface area (Å²) in [7, 11) is 2.04.